The van der Waals surface area contributed by atoms with Crippen molar-refractivity contribution in [1.29, 1.82) is 0 Å². The second-order valence-electron chi connectivity index (χ2n) is 13.0. The third-order valence-electron chi connectivity index (χ3n) is 10.0. The normalized spacial score (nSPS) is 27.9. The first-order valence-corrected chi connectivity index (χ1v) is 15.6. The minimum atomic E-state index is -5.04. The van der Waals surface area contributed by atoms with Gasteiger partial charge < -0.3 is 14.5 Å². The molecule has 0 aliphatic carbocycles. The molecule has 0 N–H and O–H groups in total. The summed E-state index contributed by atoms with van der Waals surface area (Å²) in [6.45, 7) is 3.86. The summed E-state index contributed by atoms with van der Waals surface area (Å²) in [5.74, 6) is -0.760. The van der Waals surface area contributed by atoms with Crippen LogP contribution < -0.4 is 0 Å². The molecule has 0 aromatic heterocycles. The Morgan fingerprint density at radius 2 is 1.56 bits per heavy atom. The monoisotopic (exact) mass is 637 g/mol. The van der Waals surface area contributed by atoms with Gasteiger partial charge in [-0.05, 0) is 75.3 Å². The predicted molar refractivity (Wildman–Crippen MR) is 153 cm³/mol. The van der Waals surface area contributed by atoms with E-state index < -0.39 is 41.0 Å². The molecule has 4 heterocycles. The number of piperidine rings is 1. The van der Waals surface area contributed by atoms with Gasteiger partial charge in [-0.2, -0.15) is 26.3 Å². The Morgan fingerprint density at radius 1 is 0.867 bits per heavy atom. The maximum absolute atomic E-state index is 13.7. The number of hydrogen-bond donors (Lipinski definition) is 0. The molecule has 12 heteroatoms. The van der Waals surface area contributed by atoms with E-state index in [1.54, 1.807) is 0 Å². The van der Waals surface area contributed by atoms with Crippen LogP contribution in [0.15, 0.2) is 48.5 Å². The van der Waals surface area contributed by atoms with Gasteiger partial charge in [-0.1, -0.05) is 30.3 Å². The van der Waals surface area contributed by atoms with Gasteiger partial charge in [0.2, 0.25) is 0 Å². The quantitative estimate of drug-likeness (QED) is 0.375. The van der Waals surface area contributed by atoms with Crippen molar-refractivity contribution in [3.8, 4) is 0 Å². The first kappa shape index (κ1) is 31.8. The fourth-order valence-electron chi connectivity index (χ4n) is 7.67. The summed E-state index contributed by atoms with van der Waals surface area (Å²) in [5, 5.41) is 0. The number of halogens is 6. The Bertz CT molecular complexity index is 1360. The molecule has 6 nitrogen and oxygen atoms in total. The molecule has 4 saturated heterocycles. The molecule has 45 heavy (non-hydrogen) atoms. The van der Waals surface area contributed by atoms with Crippen molar-refractivity contribution < 1.29 is 40.7 Å². The molecule has 0 radical (unpaired) electrons. The number of ether oxygens (including phenoxy) is 1. The van der Waals surface area contributed by atoms with Crippen molar-refractivity contribution in [3.63, 3.8) is 0 Å². The zero-order chi connectivity index (χ0) is 32.0. The van der Waals surface area contributed by atoms with Crippen molar-refractivity contribution in [1.82, 2.24) is 14.7 Å². The molecule has 1 spiro atoms. The molecule has 0 bridgehead atoms. The number of nitrogens with zero attached hydrogens (tertiary/aromatic N) is 3. The molecule has 0 saturated carbocycles. The van der Waals surface area contributed by atoms with E-state index >= 15 is 0 Å². The summed E-state index contributed by atoms with van der Waals surface area (Å²) in [5.41, 5.74) is -2.70. The van der Waals surface area contributed by atoms with Crippen LogP contribution in [0.5, 0.6) is 0 Å². The number of alkyl halides is 6. The van der Waals surface area contributed by atoms with Gasteiger partial charge in [-0.15, -0.1) is 0 Å². The number of likely N-dealkylation sites (tertiary alicyclic amines) is 3. The van der Waals surface area contributed by atoms with Gasteiger partial charge >= 0.3 is 12.4 Å². The topological polar surface area (TPSA) is 53.1 Å². The molecule has 2 aromatic carbocycles. The lowest BCUT2D eigenvalue weighted by atomic mass is 9.86. The van der Waals surface area contributed by atoms with Crippen molar-refractivity contribution in [2.45, 2.75) is 75.5 Å². The van der Waals surface area contributed by atoms with Crippen LogP contribution in [0.25, 0.3) is 0 Å². The van der Waals surface area contributed by atoms with E-state index in [0.717, 1.165) is 44.3 Å². The van der Waals surface area contributed by atoms with E-state index in [-0.39, 0.29) is 36.1 Å². The molecule has 4 aliphatic rings. The zero-order valence-electron chi connectivity index (χ0n) is 24.9. The smallest absolute Gasteiger partial charge is 0.368 e. The average molecular weight is 638 g/mol. The number of hydrogen-bond acceptors (Lipinski definition) is 4. The lowest BCUT2D eigenvalue weighted by molar-refractivity contribution is -0.143. The van der Waals surface area contributed by atoms with Crippen molar-refractivity contribution >= 4 is 11.8 Å². The van der Waals surface area contributed by atoms with Gasteiger partial charge in [-0.3, -0.25) is 14.5 Å². The zero-order valence-corrected chi connectivity index (χ0v) is 24.9. The molecule has 4 fully saturated rings. The van der Waals surface area contributed by atoms with Gasteiger partial charge in [0, 0.05) is 55.8 Å². The Labute approximate surface area is 258 Å². The fourth-order valence-corrected chi connectivity index (χ4v) is 7.67. The van der Waals surface area contributed by atoms with Crippen LogP contribution >= 0.6 is 0 Å². The molecular formula is C33H37F6N3O3. The highest BCUT2D eigenvalue weighted by molar-refractivity contribution is 5.95. The maximum Gasteiger partial charge on any atom is 0.416 e. The lowest BCUT2D eigenvalue weighted by Gasteiger charge is -2.43. The maximum atomic E-state index is 13.7. The summed E-state index contributed by atoms with van der Waals surface area (Å²) < 4.78 is 87.1. The minimum absolute atomic E-state index is 0.0117. The van der Waals surface area contributed by atoms with Crippen LogP contribution in [0.3, 0.4) is 0 Å². The van der Waals surface area contributed by atoms with Crippen LogP contribution in [0.2, 0.25) is 0 Å². The first-order chi connectivity index (χ1) is 21.3. The molecule has 4 atom stereocenters. The van der Waals surface area contributed by atoms with Crippen molar-refractivity contribution in [2.24, 2.45) is 5.41 Å². The Hall–Kier alpha value is -3.12. The first-order valence-electron chi connectivity index (χ1n) is 15.6. The SMILES string of the molecule is O=C(C1CCCO1)N1CCC2(CCN(C3CCN(C(=O)c4cc(C(F)(F)F)cc(C(F)(F)F)c4)C(Cc4ccccc4)C3)C2)C1. The molecular weight excluding hydrogens is 600 g/mol. The van der Waals surface area contributed by atoms with E-state index in [1.165, 1.54) is 4.90 Å². The van der Waals surface area contributed by atoms with Crippen molar-refractivity contribution in [3.05, 3.63) is 70.8 Å². The van der Waals surface area contributed by atoms with Crippen LogP contribution in [-0.2, 0) is 28.3 Å². The highest BCUT2D eigenvalue weighted by Gasteiger charge is 2.48. The molecule has 2 aromatic rings. The number of amides is 2. The Balaban J connectivity index is 1.20. The summed E-state index contributed by atoms with van der Waals surface area (Å²) in [4.78, 5) is 32.5. The number of benzene rings is 2. The molecule has 4 unspecified atom stereocenters. The summed E-state index contributed by atoms with van der Waals surface area (Å²) in [6, 6.07) is 10.2. The summed E-state index contributed by atoms with van der Waals surface area (Å²) in [6.07, 6.45) is -5.40. The average Bonchev–Trinajstić information content (AvgIpc) is 3.78. The highest BCUT2D eigenvalue weighted by Crippen LogP contribution is 2.43. The van der Waals surface area contributed by atoms with Crippen molar-refractivity contribution in [2.75, 3.05) is 39.3 Å². The number of carbonyl (C=O) groups is 2. The summed E-state index contributed by atoms with van der Waals surface area (Å²) >= 11 is 0. The van der Waals surface area contributed by atoms with Gasteiger partial charge in [0.25, 0.3) is 11.8 Å². The van der Waals surface area contributed by atoms with E-state index in [9.17, 15) is 35.9 Å². The molecule has 244 valence electrons. The molecule has 6 rings (SSSR count). The van der Waals surface area contributed by atoms with E-state index in [2.05, 4.69) is 4.90 Å². The highest BCUT2D eigenvalue weighted by atomic mass is 19.4. The van der Waals surface area contributed by atoms with Gasteiger partial charge in [0.15, 0.2) is 0 Å². The van der Waals surface area contributed by atoms with Crippen LogP contribution in [0, 0.1) is 5.41 Å². The predicted octanol–water partition coefficient (Wildman–Crippen LogP) is 6.04. The fraction of sp³-hybridized carbons (Fsp3) is 0.576. The minimum Gasteiger partial charge on any atom is -0.368 e. The number of rotatable bonds is 5. The third-order valence-corrected chi connectivity index (χ3v) is 10.0. The van der Waals surface area contributed by atoms with Crippen LogP contribution in [-0.4, -0.2) is 84.0 Å². The van der Waals surface area contributed by atoms with E-state index in [4.69, 9.17) is 4.74 Å². The Kier molecular flexibility index (Phi) is 8.66. The standard InChI is InChI=1S/C33H37F6N3O3/c34-32(35,36)24-16-23(17-25(18-24)33(37,38)39)29(43)42-11-8-26(19-27(42)15-22-5-2-1-3-6-22)40-12-9-31(20-40)10-13-41(21-31)30(44)28-7-4-14-45-28/h1-3,5-6,16-18,26-28H,4,7-15,19-21H2. The second-order valence-corrected chi connectivity index (χ2v) is 13.0. The van der Waals surface area contributed by atoms with Gasteiger partial charge in [0.1, 0.15) is 6.10 Å². The van der Waals surface area contributed by atoms with Crippen LogP contribution in [0.1, 0.15) is 65.6 Å². The van der Waals surface area contributed by atoms with Crippen LogP contribution in [0.4, 0.5) is 26.3 Å². The van der Waals surface area contributed by atoms with E-state index in [0.29, 0.717) is 51.1 Å². The Morgan fingerprint density at radius 3 is 2.20 bits per heavy atom. The van der Waals surface area contributed by atoms with E-state index in [1.807, 2.05) is 35.2 Å². The third kappa shape index (κ3) is 6.86. The second kappa shape index (κ2) is 12.2. The van der Waals surface area contributed by atoms with Gasteiger partial charge in [-0.25, -0.2) is 0 Å². The lowest BCUT2D eigenvalue weighted by Crippen LogP contribution is -2.52. The largest absolute Gasteiger partial charge is 0.416 e. The molecule has 4 aliphatic heterocycles. The number of carbonyl (C=O) groups excluding carboxylic acids is 2. The molecule has 2 amide bonds. The van der Waals surface area contributed by atoms with Gasteiger partial charge in [0.05, 0.1) is 11.1 Å². The summed E-state index contributed by atoms with van der Waals surface area (Å²) in [7, 11) is 0.